The number of likely N-dealkylation sites (N-methyl/N-ethyl adjacent to an activating group) is 1. The predicted octanol–water partition coefficient (Wildman–Crippen LogP) is 1.64. The summed E-state index contributed by atoms with van der Waals surface area (Å²) in [7, 11) is 1.73. The van der Waals surface area contributed by atoms with Gasteiger partial charge in [-0.25, -0.2) is 4.39 Å². The van der Waals surface area contributed by atoms with Crippen molar-refractivity contribution < 1.29 is 18.7 Å². The Hall–Kier alpha value is -1.91. The van der Waals surface area contributed by atoms with Crippen molar-refractivity contribution in [1.29, 1.82) is 0 Å². The maximum Gasteiger partial charge on any atom is 0.260 e. The summed E-state index contributed by atoms with van der Waals surface area (Å²) in [4.78, 5) is 24.1. The second kappa shape index (κ2) is 5.16. The van der Waals surface area contributed by atoms with Gasteiger partial charge in [0.15, 0.2) is 12.9 Å². The molecule has 1 aliphatic rings. The van der Waals surface area contributed by atoms with E-state index in [1.807, 2.05) is 0 Å². The molecule has 2 rings (SSSR count). The quantitative estimate of drug-likeness (QED) is 0.747. The van der Waals surface area contributed by atoms with Crippen LogP contribution in [0.25, 0.3) is 0 Å². The highest BCUT2D eigenvalue weighted by atomic mass is 19.1. The summed E-state index contributed by atoms with van der Waals surface area (Å²) in [6, 6.07) is 3.94. The molecule has 1 aliphatic carbocycles. The van der Waals surface area contributed by atoms with Crippen LogP contribution >= 0.6 is 0 Å². The zero-order chi connectivity index (χ0) is 13.1. The number of carbonyl (C=O) groups is 2. The minimum Gasteiger partial charge on any atom is -0.483 e. The summed E-state index contributed by atoms with van der Waals surface area (Å²) in [6.07, 6.45) is 2.56. The standard InChI is InChI=1S/C13H14FNO3/c1-15(11-3-4-11)13(17)8-18-12-5-2-10(14)6-9(12)7-16/h2,5-7,11H,3-4,8H2,1H3. The van der Waals surface area contributed by atoms with Crippen molar-refractivity contribution in [3.8, 4) is 5.75 Å². The minimum absolute atomic E-state index is 0.108. The molecule has 0 saturated heterocycles. The summed E-state index contributed by atoms with van der Waals surface area (Å²) in [5.74, 6) is -0.423. The van der Waals surface area contributed by atoms with Crippen LogP contribution < -0.4 is 4.74 Å². The van der Waals surface area contributed by atoms with Gasteiger partial charge in [0.1, 0.15) is 11.6 Å². The Bertz CT molecular complexity index is 471. The van der Waals surface area contributed by atoms with Gasteiger partial charge in [-0.2, -0.15) is 0 Å². The van der Waals surface area contributed by atoms with Crippen LogP contribution in [0.2, 0.25) is 0 Å². The number of hydrogen-bond acceptors (Lipinski definition) is 3. The highest BCUT2D eigenvalue weighted by Gasteiger charge is 2.29. The Morgan fingerprint density at radius 2 is 2.28 bits per heavy atom. The van der Waals surface area contributed by atoms with Crippen molar-refractivity contribution in [2.24, 2.45) is 0 Å². The smallest absolute Gasteiger partial charge is 0.260 e. The third-order valence-corrected chi connectivity index (χ3v) is 2.94. The summed E-state index contributed by atoms with van der Waals surface area (Å²) in [5, 5.41) is 0. The van der Waals surface area contributed by atoms with Crippen LogP contribution in [0, 0.1) is 5.82 Å². The minimum atomic E-state index is -0.508. The Kier molecular flexibility index (Phi) is 3.60. The maximum atomic E-state index is 12.9. The molecule has 0 aromatic heterocycles. The number of carbonyl (C=O) groups excluding carboxylic acids is 2. The van der Waals surface area contributed by atoms with Gasteiger partial charge in [-0.1, -0.05) is 0 Å². The third-order valence-electron chi connectivity index (χ3n) is 2.94. The first-order chi connectivity index (χ1) is 8.61. The topological polar surface area (TPSA) is 46.6 Å². The molecule has 1 aromatic rings. The van der Waals surface area contributed by atoms with Crippen molar-refractivity contribution in [1.82, 2.24) is 4.90 Å². The summed E-state index contributed by atoms with van der Waals surface area (Å²) >= 11 is 0. The number of benzene rings is 1. The highest BCUT2D eigenvalue weighted by molar-refractivity contribution is 5.81. The van der Waals surface area contributed by atoms with Crippen LogP contribution in [0.1, 0.15) is 23.2 Å². The van der Waals surface area contributed by atoms with E-state index in [4.69, 9.17) is 4.74 Å². The van der Waals surface area contributed by atoms with E-state index in [-0.39, 0.29) is 23.8 Å². The van der Waals surface area contributed by atoms with Gasteiger partial charge in [0, 0.05) is 13.1 Å². The molecule has 0 unspecified atom stereocenters. The molecule has 5 heteroatoms. The van der Waals surface area contributed by atoms with E-state index >= 15 is 0 Å². The van der Waals surface area contributed by atoms with E-state index in [2.05, 4.69) is 0 Å². The first kappa shape index (κ1) is 12.5. The molecule has 96 valence electrons. The average molecular weight is 251 g/mol. The van der Waals surface area contributed by atoms with Gasteiger partial charge in [0.2, 0.25) is 0 Å². The Morgan fingerprint density at radius 1 is 1.56 bits per heavy atom. The SMILES string of the molecule is CN(C(=O)COc1ccc(F)cc1C=O)C1CC1. The third kappa shape index (κ3) is 2.85. The normalized spacial score (nSPS) is 14.1. The number of halogens is 1. The van der Waals surface area contributed by atoms with Crippen molar-refractivity contribution >= 4 is 12.2 Å². The van der Waals surface area contributed by atoms with Crippen LogP contribution in [-0.4, -0.2) is 36.8 Å². The second-order valence-corrected chi connectivity index (χ2v) is 4.32. The lowest BCUT2D eigenvalue weighted by Crippen LogP contribution is -2.33. The van der Waals surface area contributed by atoms with Crippen molar-refractivity contribution in [3.05, 3.63) is 29.6 Å². The molecule has 1 saturated carbocycles. The number of nitrogens with zero attached hydrogens (tertiary/aromatic N) is 1. The van der Waals surface area contributed by atoms with Gasteiger partial charge in [-0.3, -0.25) is 9.59 Å². The van der Waals surface area contributed by atoms with Crippen LogP contribution in [0.15, 0.2) is 18.2 Å². The van der Waals surface area contributed by atoms with Gasteiger partial charge in [-0.15, -0.1) is 0 Å². The van der Waals surface area contributed by atoms with E-state index < -0.39 is 5.82 Å². The van der Waals surface area contributed by atoms with Gasteiger partial charge >= 0.3 is 0 Å². The molecule has 1 aromatic carbocycles. The Balaban J connectivity index is 1.97. The molecule has 0 bridgehead atoms. The van der Waals surface area contributed by atoms with Crippen molar-refractivity contribution in [2.45, 2.75) is 18.9 Å². The number of ether oxygens (including phenoxy) is 1. The van der Waals surface area contributed by atoms with E-state index in [1.54, 1.807) is 11.9 Å². The van der Waals surface area contributed by atoms with Gasteiger partial charge in [0.25, 0.3) is 5.91 Å². The number of amides is 1. The molecule has 0 radical (unpaired) electrons. The number of rotatable bonds is 5. The molecular formula is C13H14FNO3. The second-order valence-electron chi connectivity index (χ2n) is 4.32. The van der Waals surface area contributed by atoms with Crippen LogP contribution in [0.5, 0.6) is 5.75 Å². The molecule has 4 nitrogen and oxygen atoms in total. The molecular weight excluding hydrogens is 237 g/mol. The summed E-state index contributed by atoms with van der Waals surface area (Å²) in [5.41, 5.74) is 0.108. The molecule has 0 aliphatic heterocycles. The van der Waals surface area contributed by atoms with E-state index in [1.165, 1.54) is 12.1 Å². The highest BCUT2D eigenvalue weighted by Crippen LogP contribution is 2.25. The molecule has 0 heterocycles. The average Bonchev–Trinajstić information content (AvgIpc) is 3.20. The fraction of sp³-hybridized carbons (Fsp3) is 0.385. The molecule has 1 fully saturated rings. The predicted molar refractivity (Wildman–Crippen MR) is 63.1 cm³/mol. The molecule has 0 atom stereocenters. The molecule has 0 spiro atoms. The largest absolute Gasteiger partial charge is 0.483 e. The van der Waals surface area contributed by atoms with Crippen LogP contribution in [-0.2, 0) is 4.79 Å². The fourth-order valence-electron chi connectivity index (χ4n) is 1.65. The van der Waals surface area contributed by atoms with Gasteiger partial charge < -0.3 is 9.64 Å². The molecule has 18 heavy (non-hydrogen) atoms. The van der Waals surface area contributed by atoms with Crippen molar-refractivity contribution in [2.75, 3.05) is 13.7 Å². The lowest BCUT2D eigenvalue weighted by molar-refractivity contribution is -0.132. The Morgan fingerprint density at radius 3 is 2.89 bits per heavy atom. The van der Waals surface area contributed by atoms with E-state index in [0.717, 1.165) is 18.9 Å². The lowest BCUT2D eigenvalue weighted by atomic mass is 10.2. The lowest BCUT2D eigenvalue weighted by Gasteiger charge is -2.16. The summed E-state index contributed by atoms with van der Waals surface area (Å²) in [6.45, 7) is -0.139. The van der Waals surface area contributed by atoms with Gasteiger partial charge in [-0.05, 0) is 31.0 Å². The molecule has 1 amide bonds. The summed E-state index contributed by atoms with van der Waals surface area (Å²) < 4.78 is 18.1. The van der Waals surface area contributed by atoms with Gasteiger partial charge in [0.05, 0.1) is 5.56 Å². The fourth-order valence-corrected chi connectivity index (χ4v) is 1.65. The zero-order valence-corrected chi connectivity index (χ0v) is 10.1. The van der Waals surface area contributed by atoms with E-state index in [9.17, 15) is 14.0 Å². The first-order valence-electron chi connectivity index (χ1n) is 5.75. The number of aldehydes is 1. The van der Waals surface area contributed by atoms with Crippen LogP contribution in [0.3, 0.4) is 0 Å². The maximum absolute atomic E-state index is 12.9. The monoisotopic (exact) mass is 251 g/mol. The van der Waals surface area contributed by atoms with Crippen LogP contribution in [0.4, 0.5) is 4.39 Å². The zero-order valence-electron chi connectivity index (χ0n) is 10.1. The number of hydrogen-bond donors (Lipinski definition) is 0. The van der Waals surface area contributed by atoms with E-state index in [0.29, 0.717) is 12.3 Å². The molecule has 0 N–H and O–H groups in total. The van der Waals surface area contributed by atoms with Crippen molar-refractivity contribution in [3.63, 3.8) is 0 Å². The first-order valence-corrected chi connectivity index (χ1v) is 5.75. The Labute approximate surface area is 104 Å².